The summed E-state index contributed by atoms with van der Waals surface area (Å²) in [6, 6.07) is 16.9. The first-order valence-corrected chi connectivity index (χ1v) is 9.69. The van der Waals surface area contributed by atoms with Gasteiger partial charge in [-0.15, -0.1) is 11.3 Å². The lowest BCUT2D eigenvalue weighted by Gasteiger charge is -2.23. The van der Waals surface area contributed by atoms with Gasteiger partial charge in [-0.3, -0.25) is 9.20 Å². The largest absolute Gasteiger partial charge is 0.448 e. The summed E-state index contributed by atoms with van der Waals surface area (Å²) in [5.74, 6) is -0.269. The summed E-state index contributed by atoms with van der Waals surface area (Å²) in [4.78, 5) is 30.6. The molecule has 0 radical (unpaired) electrons. The Balaban J connectivity index is 1.48. The number of nitrogens with one attached hydrogen (secondary N) is 1. The van der Waals surface area contributed by atoms with Gasteiger partial charge in [-0.2, -0.15) is 0 Å². The van der Waals surface area contributed by atoms with Crippen molar-refractivity contribution in [1.82, 2.24) is 9.38 Å². The van der Waals surface area contributed by atoms with Gasteiger partial charge in [0.2, 0.25) is 0 Å². The van der Waals surface area contributed by atoms with Crippen LogP contribution in [-0.4, -0.2) is 27.4 Å². The van der Waals surface area contributed by atoms with Gasteiger partial charge in [-0.25, -0.2) is 9.78 Å². The van der Waals surface area contributed by atoms with E-state index in [9.17, 15) is 9.59 Å². The number of ether oxygens (including phenoxy) is 1. The van der Waals surface area contributed by atoms with Crippen molar-refractivity contribution in [2.45, 2.75) is 12.5 Å². The van der Waals surface area contributed by atoms with Gasteiger partial charge < -0.3 is 10.1 Å². The fraction of sp³-hybridized carbons (Fsp3) is 0.0952. The van der Waals surface area contributed by atoms with Crippen molar-refractivity contribution in [3.05, 3.63) is 77.3 Å². The van der Waals surface area contributed by atoms with Crippen LogP contribution in [0.25, 0.3) is 16.2 Å². The standard InChI is InChI=1S/C21H15N3O3S/c25-19(16-12-14-8-4-5-9-15(14)20(26)27-16)23-18-17(13-6-2-1-3-7-13)22-21-24(18)10-11-28-21/h1-11,16H,12H2,(H,23,25)/t16-/m1/s1. The van der Waals surface area contributed by atoms with Gasteiger partial charge in [-0.05, 0) is 11.6 Å². The molecule has 1 atom stereocenters. The number of thiazole rings is 1. The third-order valence-electron chi connectivity index (χ3n) is 4.74. The van der Waals surface area contributed by atoms with E-state index >= 15 is 0 Å². The Bertz CT molecular complexity index is 1200. The van der Waals surface area contributed by atoms with Crippen molar-refractivity contribution >= 4 is 34.0 Å². The van der Waals surface area contributed by atoms with Crippen LogP contribution in [0.3, 0.4) is 0 Å². The lowest BCUT2D eigenvalue weighted by Crippen LogP contribution is -2.38. The van der Waals surface area contributed by atoms with Gasteiger partial charge in [0.25, 0.3) is 5.91 Å². The van der Waals surface area contributed by atoms with Crippen LogP contribution >= 0.6 is 11.3 Å². The summed E-state index contributed by atoms with van der Waals surface area (Å²) in [7, 11) is 0. The Morgan fingerprint density at radius 1 is 1.14 bits per heavy atom. The number of fused-ring (bicyclic) bond motifs is 2. The van der Waals surface area contributed by atoms with E-state index in [4.69, 9.17) is 4.74 Å². The van der Waals surface area contributed by atoms with E-state index in [-0.39, 0.29) is 5.91 Å². The molecule has 2 aromatic heterocycles. The second-order valence-electron chi connectivity index (χ2n) is 6.48. The Morgan fingerprint density at radius 3 is 2.79 bits per heavy atom. The molecule has 3 heterocycles. The summed E-state index contributed by atoms with van der Waals surface area (Å²) >= 11 is 1.49. The molecule has 0 saturated heterocycles. The van der Waals surface area contributed by atoms with Crippen molar-refractivity contribution in [2.24, 2.45) is 0 Å². The second kappa shape index (κ2) is 6.61. The van der Waals surface area contributed by atoms with Crippen LogP contribution in [0.4, 0.5) is 5.82 Å². The maximum atomic E-state index is 12.9. The summed E-state index contributed by atoms with van der Waals surface area (Å²) in [5, 5.41) is 4.84. The molecular formula is C21H15N3O3S. The average Bonchev–Trinajstić information content (AvgIpc) is 3.31. The van der Waals surface area contributed by atoms with Gasteiger partial charge in [0.15, 0.2) is 11.1 Å². The topological polar surface area (TPSA) is 72.7 Å². The van der Waals surface area contributed by atoms with Gasteiger partial charge in [0.05, 0.1) is 5.56 Å². The van der Waals surface area contributed by atoms with Crippen molar-refractivity contribution in [2.75, 3.05) is 5.32 Å². The molecular weight excluding hydrogens is 374 g/mol. The number of hydrogen-bond acceptors (Lipinski definition) is 5. The van der Waals surface area contributed by atoms with Gasteiger partial charge in [0, 0.05) is 23.6 Å². The molecule has 7 heteroatoms. The van der Waals surface area contributed by atoms with Gasteiger partial charge in [-0.1, -0.05) is 48.5 Å². The number of benzene rings is 2. The zero-order chi connectivity index (χ0) is 19.1. The Morgan fingerprint density at radius 2 is 1.93 bits per heavy atom. The summed E-state index contributed by atoms with van der Waals surface area (Å²) in [6.07, 6.45) is 1.33. The van der Waals surface area contributed by atoms with Crippen LogP contribution < -0.4 is 5.32 Å². The first-order valence-electron chi connectivity index (χ1n) is 8.81. The zero-order valence-corrected chi connectivity index (χ0v) is 15.5. The molecule has 1 N–H and O–H groups in total. The van der Waals surface area contributed by atoms with E-state index < -0.39 is 12.1 Å². The SMILES string of the molecule is O=C1O[C@@H](C(=O)Nc2c(-c3ccccc3)nc3sccn23)Cc2ccccc21. The van der Waals surface area contributed by atoms with E-state index in [0.717, 1.165) is 16.1 Å². The number of carbonyl (C=O) groups excluding carboxylic acids is 2. The summed E-state index contributed by atoms with van der Waals surface area (Å²) in [6.45, 7) is 0. The number of nitrogens with zero attached hydrogens (tertiary/aromatic N) is 2. The molecule has 0 spiro atoms. The molecule has 1 amide bonds. The number of anilines is 1. The fourth-order valence-corrected chi connectivity index (χ4v) is 4.09. The third kappa shape index (κ3) is 2.76. The zero-order valence-electron chi connectivity index (χ0n) is 14.7. The van der Waals surface area contributed by atoms with Crippen LogP contribution in [0.15, 0.2) is 66.2 Å². The maximum absolute atomic E-state index is 12.9. The van der Waals surface area contributed by atoms with Crippen LogP contribution in [0.5, 0.6) is 0 Å². The molecule has 0 unspecified atom stereocenters. The van der Waals surface area contributed by atoms with E-state index in [2.05, 4.69) is 10.3 Å². The highest BCUT2D eigenvalue weighted by Crippen LogP contribution is 2.31. The first kappa shape index (κ1) is 16.7. The smallest absolute Gasteiger partial charge is 0.339 e. The van der Waals surface area contributed by atoms with E-state index in [1.807, 2.05) is 58.4 Å². The molecule has 2 aromatic carbocycles. The number of hydrogen-bond donors (Lipinski definition) is 1. The third-order valence-corrected chi connectivity index (χ3v) is 5.49. The molecule has 28 heavy (non-hydrogen) atoms. The minimum absolute atomic E-state index is 0.347. The van der Waals surface area contributed by atoms with Crippen LogP contribution in [0.2, 0.25) is 0 Å². The van der Waals surface area contributed by atoms with Crippen molar-refractivity contribution < 1.29 is 14.3 Å². The lowest BCUT2D eigenvalue weighted by molar-refractivity contribution is -0.125. The number of esters is 1. The maximum Gasteiger partial charge on any atom is 0.339 e. The predicted molar refractivity (Wildman–Crippen MR) is 106 cm³/mol. The number of rotatable bonds is 3. The molecule has 138 valence electrons. The van der Waals surface area contributed by atoms with Crippen molar-refractivity contribution in [1.29, 1.82) is 0 Å². The predicted octanol–water partition coefficient (Wildman–Crippen LogP) is 3.78. The lowest BCUT2D eigenvalue weighted by atomic mass is 9.98. The molecule has 6 nitrogen and oxygen atoms in total. The van der Waals surface area contributed by atoms with Gasteiger partial charge in [0.1, 0.15) is 11.5 Å². The first-order chi connectivity index (χ1) is 13.7. The molecule has 5 rings (SSSR count). The molecule has 0 saturated carbocycles. The van der Waals surface area contributed by atoms with E-state index in [0.29, 0.717) is 23.5 Å². The Kier molecular flexibility index (Phi) is 3.95. The Labute approximate surface area is 164 Å². The molecule has 0 bridgehead atoms. The summed E-state index contributed by atoms with van der Waals surface area (Å²) < 4.78 is 7.22. The van der Waals surface area contributed by atoms with Crippen LogP contribution in [-0.2, 0) is 16.0 Å². The molecule has 1 aliphatic heterocycles. The molecule has 1 aliphatic rings. The molecule has 0 fully saturated rings. The average molecular weight is 389 g/mol. The van der Waals surface area contributed by atoms with Crippen LogP contribution in [0.1, 0.15) is 15.9 Å². The fourth-order valence-electron chi connectivity index (χ4n) is 3.38. The number of amides is 1. The van der Waals surface area contributed by atoms with Crippen LogP contribution in [0, 0.1) is 0 Å². The number of aromatic nitrogens is 2. The Hall–Kier alpha value is -3.45. The highest BCUT2D eigenvalue weighted by molar-refractivity contribution is 7.15. The number of imidazole rings is 1. The minimum atomic E-state index is -0.879. The molecule has 4 aromatic rings. The normalized spacial score (nSPS) is 15.9. The van der Waals surface area contributed by atoms with Crippen molar-refractivity contribution in [3.63, 3.8) is 0 Å². The minimum Gasteiger partial charge on any atom is -0.448 e. The highest BCUT2D eigenvalue weighted by atomic mass is 32.1. The van der Waals surface area contributed by atoms with E-state index in [1.165, 1.54) is 11.3 Å². The number of carbonyl (C=O) groups is 2. The summed E-state index contributed by atoms with van der Waals surface area (Å²) in [5.41, 5.74) is 2.92. The van der Waals surface area contributed by atoms with E-state index in [1.54, 1.807) is 12.1 Å². The quantitative estimate of drug-likeness (QED) is 0.541. The monoisotopic (exact) mass is 389 g/mol. The molecule has 0 aliphatic carbocycles. The highest BCUT2D eigenvalue weighted by Gasteiger charge is 2.32. The van der Waals surface area contributed by atoms with Crippen molar-refractivity contribution in [3.8, 4) is 11.3 Å². The number of cyclic esters (lactones) is 1. The van der Waals surface area contributed by atoms with Gasteiger partial charge >= 0.3 is 5.97 Å². The second-order valence-corrected chi connectivity index (χ2v) is 7.35.